The van der Waals surface area contributed by atoms with E-state index in [1.165, 1.54) is 0 Å². The molecule has 0 bridgehead atoms. The van der Waals surface area contributed by atoms with Crippen molar-refractivity contribution in [3.8, 4) is 5.75 Å². The Morgan fingerprint density at radius 2 is 2.18 bits per heavy atom. The van der Waals surface area contributed by atoms with Crippen LogP contribution in [0.15, 0.2) is 18.2 Å². The molecule has 0 aromatic heterocycles. The van der Waals surface area contributed by atoms with E-state index in [2.05, 4.69) is 0 Å². The first-order chi connectivity index (χ1) is 8.20. The van der Waals surface area contributed by atoms with E-state index >= 15 is 0 Å². The minimum Gasteiger partial charge on any atom is -0.507 e. The Bertz CT molecular complexity index is 409. The van der Waals surface area contributed by atoms with Crippen LogP contribution in [0.4, 0.5) is 0 Å². The maximum atomic E-state index is 12.2. The predicted octanol–water partition coefficient (Wildman–Crippen LogP) is 1.56. The fraction of sp³-hybridized carbons (Fsp3) is 0.462. The van der Waals surface area contributed by atoms with E-state index in [0.29, 0.717) is 31.9 Å². The van der Waals surface area contributed by atoms with Gasteiger partial charge in [0.1, 0.15) is 5.75 Å². The van der Waals surface area contributed by atoms with Crippen LogP contribution in [0.5, 0.6) is 5.75 Å². The minimum atomic E-state index is -0.114. The van der Waals surface area contributed by atoms with Crippen LogP contribution in [0.1, 0.15) is 22.3 Å². The lowest BCUT2D eigenvalue weighted by Crippen LogP contribution is -2.33. The number of phenols is 1. The number of carbonyl (C=O) groups excluding carboxylic acids is 1. The second-order valence-electron chi connectivity index (χ2n) is 4.23. The Hall–Kier alpha value is -1.55. The molecule has 1 amide bonds. The van der Waals surface area contributed by atoms with Crippen LogP contribution in [0.3, 0.4) is 0 Å². The number of hydrogen-bond donors (Lipinski definition) is 1. The highest BCUT2D eigenvalue weighted by atomic mass is 16.5. The number of aromatic hydroxyl groups is 1. The lowest BCUT2D eigenvalue weighted by Gasteiger charge is -2.20. The van der Waals surface area contributed by atoms with Crippen molar-refractivity contribution in [2.45, 2.75) is 13.3 Å². The molecule has 1 heterocycles. The number of benzene rings is 1. The summed E-state index contributed by atoms with van der Waals surface area (Å²) in [5.74, 6) is -0.0284. The Balaban J connectivity index is 2.20. The number of amides is 1. The molecule has 0 saturated carbocycles. The standard InChI is InChI=1S/C13H17NO3/c1-10-4-2-5-11(12(10)15)13(16)14-6-3-8-17-9-7-14/h2,4-5,15H,3,6-9H2,1H3. The average Bonchev–Trinajstić information content (AvgIpc) is 2.60. The molecule has 1 N–H and O–H groups in total. The van der Waals surface area contributed by atoms with Crippen molar-refractivity contribution < 1.29 is 14.6 Å². The van der Waals surface area contributed by atoms with Gasteiger partial charge in [0.2, 0.25) is 0 Å². The van der Waals surface area contributed by atoms with E-state index in [4.69, 9.17) is 4.74 Å². The number of phenolic OH excluding ortho intramolecular Hbond substituents is 1. The summed E-state index contributed by atoms with van der Waals surface area (Å²) >= 11 is 0. The van der Waals surface area contributed by atoms with Crippen molar-refractivity contribution in [2.75, 3.05) is 26.3 Å². The summed E-state index contributed by atoms with van der Waals surface area (Å²) in [5, 5.41) is 9.89. The van der Waals surface area contributed by atoms with Gasteiger partial charge in [-0.3, -0.25) is 4.79 Å². The molecule has 1 aromatic carbocycles. The molecule has 1 aromatic rings. The van der Waals surface area contributed by atoms with Gasteiger partial charge in [0, 0.05) is 19.7 Å². The van der Waals surface area contributed by atoms with Crippen LogP contribution in [-0.2, 0) is 4.74 Å². The molecule has 0 unspecified atom stereocenters. The van der Waals surface area contributed by atoms with E-state index in [9.17, 15) is 9.90 Å². The van der Waals surface area contributed by atoms with Crippen LogP contribution in [0, 0.1) is 6.92 Å². The van der Waals surface area contributed by atoms with E-state index < -0.39 is 0 Å². The van der Waals surface area contributed by atoms with Gasteiger partial charge in [-0.2, -0.15) is 0 Å². The van der Waals surface area contributed by atoms with Crippen molar-refractivity contribution in [2.24, 2.45) is 0 Å². The van der Waals surface area contributed by atoms with E-state index in [-0.39, 0.29) is 11.7 Å². The lowest BCUT2D eigenvalue weighted by atomic mass is 10.1. The first-order valence-corrected chi connectivity index (χ1v) is 5.86. The quantitative estimate of drug-likeness (QED) is 0.803. The summed E-state index contributed by atoms with van der Waals surface area (Å²) in [6.07, 6.45) is 0.846. The first kappa shape index (κ1) is 11.9. The molecule has 0 atom stereocenters. The fourth-order valence-corrected chi connectivity index (χ4v) is 1.95. The number of ether oxygens (including phenoxy) is 1. The molecule has 1 fully saturated rings. The summed E-state index contributed by atoms with van der Waals surface area (Å²) in [6.45, 7) is 4.33. The monoisotopic (exact) mass is 235 g/mol. The number of para-hydroxylation sites is 1. The molecule has 1 saturated heterocycles. The second kappa shape index (κ2) is 5.19. The van der Waals surface area contributed by atoms with Gasteiger partial charge in [-0.25, -0.2) is 0 Å². The lowest BCUT2D eigenvalue weighted by molar-refractivity contribution is 0.0738. The second-order valence-corrected chi connectivity index (χ2v) is 4.23. The number of nitrogens with zero attached hydrogens (tertiary/aromatic N) is 1. The molecular weight excluding hydrogens is 218 g/mol. The Kier molecular flexibility index (Phi) is 3.64. The van der Waals surface area contributed by atoms with Crippen molar-refractivity contribution in [3.05, 3.63) is 29.3 Å². The molecule has 4 heteroatoms. The maximum absolute atomic E-state index is 12.2. The van der Waals surface area contributed by atoms with Gasteiger partial charge in [-0.05, 0) is 25.0 Å². The summed E-state index contributed by atoms with van der Waals surface area (Å²) in [4.78, 5) is 14.0. The summed E-state index contributed by atoms with van der Waals surface area (Å²) in [5.41, 5.74) is 1.11. The van der Waals surface area contributed by atoms with Crippen LogP contribution in [0.2, 0.25) is 0 Å². The zero-order chi connectivity index (χ0) is 12.3. The third kappa shape index (κ3) is 2.58. The van der Waals surface area contributed by atoms with E-state index in [1.54, 1.807) is 30.0 Å². The van der Waals surface area contributed by atoms with Crippen molar-refractivity contribution in [1.29, 1.82) is 0 Å². The van der Waals surface area contributed by atoms with Gasteiger partial charge < -0.3 is 14.7 Å². The molecule has 92 valence electrons. The zero-order valence-electron chi connectivity index (χ0n) is 9.98. The highest BCUT2D eigenvalue weighted by Crippen LogP contribution is 2.23. The molecule has 1 aliphatic rings. The average molecular weight is 235 g/mol. The highest BCUT2D eigenvalue weighted by Gasteiger charge is 2.20. The van der Waals surface area contributed by atoms with Gasteiger partial charge in [-0.1, -0.05) is 12.1 Å². The van der Waals surface area contributed by atoms with Gasteiger partial charge in [0.15, 0.2) is 0 Å². The highest BCUT2D eigenvalue weighted by molar-refractivity contribution is 5.97. The topological polar surface area (TPSA) is 49.8 Å². The number of hydrogen-bond acceptors (Lipinski definition) is 3. The molecule has 17 heavy (non-hydrogen) atoms. The molecular formula is C13H17NO3. The van der Waals surface area contributed by atoms with Crippen molar-refractivity contribution >= 4 is 5.91 Å². The zero-order valence-corrected chi connectivity index (χ0v) is 9.98. The Morgan fingerprint density at radius 3 is 3.00 bits per heavy atom. The van der Waals surface area contributed by atoms with E-state index in [1.807, 2.05) is 0 Å². The van der Waals surface area contributed by atoms with Crippen LogP contribution >= 0.6 is 0 Å². The maximum Gasteiger partial charge on any atom is 0.257 e. The Morgan fingerprint density at radius 1 is 1.35 bits per heavy atom. The van der Waals surface area contributed by atoms with Gasteiger partial charge in [0.05, 0.1) is 12.2 Å². The van der Waals surface area contributed by atoms with Crippen molar-refractivity contribution in [3.63, 3.8) is 0 Å². The molecule has 0 spiro atoms. The third-order valence-electron chi connectivity index (χ3n) is 2.98. The predicted molar refractivity (Wildman–Crippen MR) is 64.2 cm³/mol. The normalized spacial score (nSPS) is 16.6. The first-order valence-electron chi connectivity index (χ1n) is 5.86. The largest absolute Gasteiger partial charge is 0.507 e. The molecule has 1 aliphatic heterocycles. The van der Waals surface area contributed by atoms with Gasteiger partial charge in [-0.15, -0.1) is 0 Å². The summed E-state index contributed by atoms with van der Waals surface area (Å²) < 4.78 is 5.31. The van der Waals surface area contributed by atoms with Crippen LogP contribution in [0.25, 0.3) is 0 Å². The minimum absolute atomic E-state index is 0.0858. The molecule has 0 radical (unpaired) electrons. The van der Waals surface area contributed by atoms with Gasteiger partial charge in [0.25, 0.3) is 5.91 Å². The fourth-order valence-electron chi connectivity index (χ4n) is 1.95. The molecule has 4 nitrogen and oxygen atoms in total. The third-order valence-corrected chi connectivity index (χ3v) is 2.98. The molecule has 0 aliphatic carbocycles. The number of rotatable bonds is 1. The van der Waals surface area contributed by atoms with E-state index in [0.717, 1.165) is 12.0 Å². The van der Waals surface area contributed by atoms with Crippen LogP contribution < -0.4 is 0 Å². The Labute approximate surface area is 101 Å². The summed E-state index contributed by atoms with van der Waals surface area (Å²) in [6, 6.07) is 5.24. The molecule has 2 rings (SSSR count). The number of aryl methyl sites for hydroxylation is 1. The van der Waals surface area contributed by atoms with Crippen LogP contribution in [-0.4, -0.2) is 42.2 Å². The SMILES string of the molecule is Cc1cccc(C(=O)N2CCCOCC2)c1O. The van der Waals surface area contributed by atoms with Gasteiger partial charge >= 0.3 is 0 Å². The summed E-state index contributed by atoms with van der Waals surface area (Å²) in [7, 11) is 0. The number of carbonyl (C=O) groups is 1. The smallest absolute Gasteiger partial charge is 0.257 e. The van der Waals surface area contributed by atoms with Crippen molar-refractivity contribution in [1.82, 2.24) is 4.90 Å².